The zero-order valence-corrected chi connectivity index (χ0v) is 11.0. The lowest BCUT2D eigenvalue weighted by atomic mass is 10.3. The molecule has 5 heteroatoms. The van der Waals surface area contributed by atoms with Crippen LogP contribution in [0.5, 0.6) is 0 Å². The highest BCUT2D eigenvalue weighted by molar-refractivity contribution is 7.19. The monoisotopic (exact) mass is 274 g/mol. The van der Waals surface area contributed by atoms with E-state index in [1.807, 2.05) is 13.0 Å². The lowest BCUT2D eigenvalue weighted by Gasteiger charge is -2.04. The van der Waals surface area contributed by atoms with Crippen LogP contribution in [0.25, 0.3) is 10.2 Å². The molecule has 0 fully saturated rings. The molecule has 0 saturated heterocycles. The first-order chi connectivity index (χ1) is 9.13. The summed E-state index contributed by atoms with van der Waals surface area (Å²) in [5, 5.41) is 2.55. The fourth-order valence-corrected chi connectivity index (χ4v) is 2.84. The van der Waals surface area contributed by atoms with Gasteiger partial charge in [-0.2, -0.15) is 0 Å². The van der Waals surface area contributed by atoms with Gasteiger partial charge in [0.25, 0.3) is 5.91 Å². The highest BCUT2D eigenvalue weighted by atomic mass is 32.1. The van der Waals surface area contributed by atoms with E-state index in [0.717, 1.165) is 10.2 Å². The second-order valence-electron chi connectivity index (χ2n) is 4.25. The van der Waals surface area contributed by atoms with E-state index in [0.29, 0.717) is 5.69 Å². The minimum absolute atomic E-state index is 0.182. The molecule has 3 rings (SSSR count). The smallest absolute Gasteiger partial charge is 0.272 e. The van der Waals surface area contributed by atoms with Gasteiger partial charge in [-0.25, -0.2) is 4.39 Å². The summed E-state index contributed by atoms with van der Waals surface area (Å²) in [6.45, 7) is 2.01. The number of aryl methyl sites for hydroxylation is 1. The van der Waals surface area contributed by atoms with Gasteiger partial charge in [0.05, 0.1) is 15.9 Å². The molecule has 2 aromatic heterocycles. The van der Waals surface area contributed by atoms with Gasteiger partial charge in [0.1, 0.15) is 11.5 Å². The number of H-pyrrole nitrogens is 1. The Kier molecular flexibility index (Phi) is 2.83. The van der Waals surface area contributed by atoms with Gasteiger partial charge >= 0.3 is 0 Å². The number of fused-ring (bicyclic) bond motifs is 1. The fourth-order valence-electron chi connectivity index (χ4n) is 1.92. The van der Waals surface area contributed by atoms with Crippen LogP contribution in [-0.2, 0) is 0 Å². The highest BCUT2D eigenvalue weighted by Crippen LogP contribution is 2.26. The summed E-state index contributed by atoms with van der Waals surface area (Å²) in [6, 6.07) is 9.87. The van der Waals surface area contributed by atoms with Crippen molar-refractivity contribution in [1.29, 1.82) is 0 Å². The number of amides is 1. The van der Waals surface area contributed by atoms with Gasteiger partial charge in [-0.3, -0.25) is 4.79 Å². The van der Waals surface area contributed by atoms with Gasteiger partial charge in [0, 0.05) is 4.88 Å². The second-order valence-corrected chi connectivity index (χ2v) is 5.54. The molecule has 0 saturated carbocycles. The third kappa shape index (κ3) is 2.24. The number of benzene rings is 1. The fraction of sp³-hybridized carbons (Fsp3) is 0.0714. The molecule has 1 amide bonds. The molecule has 96 valence electrons. The van der Waals surface area contributed by atoms with E-state index >= 15 is 0 Å². The van der Waals surface area contributed by atoms with E-state index in [1.54, 1.807) is 29.5 Å². The highest BCUT2D eigenvalue weighted by Gasteiger charge is 2.12. The molecule has 1 aromatic carbocycles. The number of rotatable bonds is 2. The number of carbonyl (C=O) groups is 1. The third-order valence-corrected chi connectivity index (χ3v) is 3.79. The number of aromatic amines is 1. The van der Waals surface area contributed by atoms with Gasteiger partial charge < -0.3 is 10.3 Å². The average Bonchev–Trinajstić information content (AvgIpc) is 2.89. The first-order valence-corrected chi connectivity index (χ1v) is 6.60. The SMILES string of the molecule is Cc1cc2[nH]c(C(=O)Nc3ccccc3F)cc2s1. The number of nitrogens with one attached hydrogen (secondary N) is 2. The Hall–Kier alpha value is -2.14. The molecule has 3 nitrogen and oxygen atoms in total. The second kappa shape index (κ2) is 4.51. The van der Waals surface area contributed by atoms with Crippen molar-refractivity contribution >= 4 is 33.1 Å². The Balaban J connectivity index is 1.87. The van der Waals surface area contributed by atoms with E-state index in [1.165, 1.54) is 17.0 Å². The lowest BCUT2D eigenvalue weighted by Crippen LogP contribution is -2.13. The molecular weight excluding hydrogens is 263 g/mol. The Bertz CT molecular complexity index is 728. The first-order valence-electron chi connectivity index (χ1n) is 5.78. The maximum atomic E-state index is 13.4. The number of hydrogen-bond acceptors (Lipinski definition) is 2. The Morgan fingerprint density at radius 1 is 1.32 bits per heavy atom. The Morgan fingerprint density at radius 2 is 2.11 bits per heavy atom. The molecule has 19 heavy (non-hydrogen) atoms. The maximum absolute atomic E-state index is 13.4. The van der Waals surface area contributed by atoms with Gasteiger partial charge in [-0.05, 0) is 31.2 Å². The largest absolute Gasteiger partial charge is 0.350 e. The Labute approximate surface area is 113 Å². The number of aromatic nitrogens is 1. The summed E-state index contributed by atoms with van der Waals surface area (Å²) in [7, 11) is 0. The summed E-state index contributed by atoms with van der Waals surface area (Å²) in [6.07, 6.45) is 0. The summed E-state index contributed by atoms with van der Waals surface area (Å²) < 4.78 is 14.5. The van der Waals surface area contributed by atoms with Crippen LogP contribution in [0.3, 0.4) is 0 Å². The van der Waals surface area contributed by atoms with Crippen LogP contribution < -0.4 is 5.32 Å². The summed E-state index contributed by atoms with van der Waals surface area (Å²) in [5.41, 5.74) is 1.55. The van der Waals surface area contributed by atoms with Crippen molar-refractivity contribution < 1.29 is 9.18 Å². The molecule has 0 aliphatic rings. The molecule has 0 unspecified atom stereocenters. The number of halogens is 1. The molecule has 0 aliphatic heterocycles. The summed E-state index contributed by atoms with van der Waals surface area (Å²) >= 11 is 1.61. The molecule has 2 heterocycles. The maximum Gasteiger partial charge on any atom is 0.272 e. The van der Waals surface area contributed by atoms with Gasteiger partial charge in [-0.15, -0.1) is 11.3 Å². The average molecular weight is 274 g/mol. The quantitative estimate of drug-likeness (QED) is 0.730. The standard InChI is InChI=1S/C14H11FN2OS/c1-8-6-11-13(19-8)7-12(16-11)14(18)17-10-5-3-2-4-9(10)15/h2-7,16H,1H3,(H,17,18). The van der Waals surface area contributed by atoms with Gasteiger partial charge in [0.2, 0.25) is 0 Å². The van der Waals surface area contributed by atoms with E-state index < -0.39 is 5.82 Å². The minimum Gasteiger partial charge on any atom is -0.350 e. The molecule has 0 aliphatic carbocycles. The molecular formula is C14H11FN2OS. The predicted octanol–water partition coefficient (Wildman–Crippen LogP) is 3.93. The van der Waals surface area contributed by atoms with Gasteiger partial charge in [-0.1, -0.05) is 12.1 Å². The van der Waals surface area contributed by atoms with Gasteiger partial charge in [0.15, 0.2) is 0 Å². The molecule has 0 bridgehead atoms. The first kappa shape index (κ1) is 11.9. The molecule has 3 aromatic rings. The normalized spacial score (nSPS) is 10.8. The topological polar surface area (TPSA) is 44.9 Å². The van der Waals surface area contributed by atoms with Crippen molar-refractivity contribution in [3.8, 4) is 0 Å². The van der Waals surface area contributed by atoms with Crippen LogP contribution in [0, 0.1) is 12.7 Å². The molecule has 0 atom stereocenters. The summed E-state index contributed by atoms with van der Waals surface area (Å²) in [5.74, 6) is -0.786. The molecule has 2 N–H and O–H groups in total. The van der Waals surface area contributed by atoms with Crippen LogP contribution >= 0.6 is 11.3 Å². The zero-order valence-electron chi connectivity index (χ0n) is 10.2. The number of thiophene rings is 1. The van der Waals surface area contributed by atoms with Crippen molar-refractivity contribution in [1.82, 2.24) is 4.98 Å². The van der Waals surface area contributed by atoms with Crippen molar-refractivity contribution in [3.63, 3.8) is 0 Å². The predicted molar refractivity (Wildman–Crippen MR) is 75.3 cm³/mol. The van der Waals surface area contributed by atoms with E-state index in [9.17, 15) is 9.18 Å². The Morgan fingerprint density at radius 3 is 2.84 bits per heavy atom. The molecule has 0 spiro atoms. The van der Waals surface area contributed by atoms with Crippen molar-refractivity contribution in [2.24, 2.45) is 0 Å². The van der Waals surface area contributed by atoms with E-state index in [4.69, 9.17) is 0 Å². The number of hydrogen-bond donors (Lipinski definition) is 2. The minimum atomic E-state index is -0.444. The number of para-hydroxylation sites is 1. The van der Waals surface area contributed by atoms with Crippen molar-refractivity contribution in [2.75, 3.05) is 5.32 Å². The van der Waals surface area contributed by atoms with Crippen LogP contribution in [0.2, 0.25) is 0 Å². The third-order valence-electron chi connectivity index (χ3n) is 2.80. The van der Waals surface area contributed by atoms with Crippen LogP contribution in [0.15, 0.2) is 36.4 Å². The van der Waals surface area contributed by atoms with E-state index in [-0.39, 0.29) is 11.6 Å². The van der Waals surface area contributed by atoms with E-state index in [2.05, 4.69) is 10.3 Å². The lowest BCUT2D eigenvalue weighted by molar-refractivity contribution is 0.102. The van der Waals surface area contributed by atoms with Crippen LogP contribution in [0.4, 0.5) is 10.1 Å². The van der Waals surface area contributed by atoms with Crippen molar-refractivity contribution in [2.45, 2.75) is 6.92 Å². The van der Waals surface area contributed by atoms with Crippen LogP contribution in [-0.4, -0.2) is 10.9 Å². The van der Waals surface area contributed by atoms with Crippen LogP contribution in [0.1, 0.15) is 15.4 Å². The number of carbonyl (C=O) groups excluding carboxylic acids is 1. The van der Waals surface area contributed by atoms with Crippen molar-refractivity contribution in [3.05, 3.63) is 52.8 Å². The summed E-state index contributed by atoms with van der Waals surface area (Å²) in [4.78, 5) is 16.2. The zero-order chi connectivity index (χ0) is 13.4. The number of anilines is 1. The molecule has 0 radical (unpaired) electrons.